The number of rotatable bonds is 7. The Bertz CT molecular complexity index is 766. The van der Waals surface area contributed by atoms with Crippen LogP contribution >= 0.6 is 0 Å². The molecule has 2 aromatic rings. The fourth-order valence-corrected chi connectivity index (χ4v) is 2.18. The van der Waals surface area contributed by atoms with Crippen molar-refractivity contribution in [1.29, 1.82) is 0 Å². The van der Waals surface area contributed by atoms with E-state index in [-0.39, 0.29) is 24.5 Å². The number of hydrogen-bond acceptors (Lipinski definition) is 3. The zero-order valence-electron chi connectivity index (χ0n) is 12.9. The Kier molecular flexibility index (Phi) is 6.02. The molecule has 122 valence electrons. The standard InChI is InChI=1S/C19H17NO4/c21-16(10-11-19(23)24)13-15-8-4-5-9-17(15)20-18(22)12-14-6-2-1-3-7-14/h1-11H,12-13H2,(H,20,22)(H,23,24)/b11-10+. The predicted octanol–water partition coefficient (Wildman–Crippen LogP) is 2.62. The number of amides is 1. The first-order valence-electron chi connectivity index (χ1n) is 7.40. The van der Waals surface area contributed by atoms with Gasteiger partial charge in [-0.1, -0.05) is 48.5 Å². The highest BCUT2D eigenvalue weighted by Gasteiger charge is 2.09. The van der Waals surface area contributed by atoms with Gasteiger partial charge in [-0.25, -0.2) is 4.79 Å². The molecule has 0 bridgehead atoms. The van der Waals surface area contributed by atoms with Crippen molar-refractivity contribution in [2.75, 3.05) is 5.32 Å². The van der Waals surface area contributed by atoms with Gasteiger partial charge in [0, 0.05) is 18.2 Å². The van der Waals surface area contributed by atoms with Gasteiger partial charge in [-0.3, -0.25) is 9.59 Å². The molecule has 0 saturated carbocycles. The maximum absolute atomic E-state index is 12.1. The average molecular weight is 323 g/mol. The van der Waals surface area contributed by atoms with Crippen LogP contribution in [0.4, 0.5) is 5.69 Å². The van der Waals surface area contributed by atoms with Crippen LogP contribution in [0, 0.1) is 0 Å². The molecule has 0 atom stereocenters. The van der Waals surface area contributed by atoms with E-state index in [1.54, 1.807) is 24.3 Å². The van der Waals surface area contributed by atoms with E-state index in [4.69, 9.17) is 5.11 Å². The minimum Gasteiger partial charge on any atom is -0.478 e. The molecule has 2 N–H and O–H groups in total. The highest BCUT2D eigenvalue weighted by Crippen LogP contribution is 2.16. The highest BCUT2D eigenvalue weighted by atomic mass is 16.4. The van der Waals surface area contributed by atoms with Crippen LogP contribution < -0.4 is 5.32 Å². The first kappa shape index (κ1) is 17.1. The molecule has 24 heavy (non-hydrogen) atoms. The molecule has 0 saturated heterocycles. The Morgan fingerprint density at radius 1 is 0.875 bits per heavy atom. The number of nitrogens with one attached hydrogen (secondary N) is 1. The number of benzene rings is 2. The van der Waals surface area contributed by atoms with Gasteiger partial charge in [0.25, 0.3) is 0 Å². The summed E-state index contributed by atoms with van der Waals surface area (Å²) >= 11 is 0. The van der Waals surface area contributed by atoms with E-state index < -0.39 is 5.97 Å². The lowest BCUT2D eigenvalue weighted by atomic mass is 10.1. The van der Waals surface area contributed by atoms with E-state index in [9.17, 15) is 14.4 Å². The van der Waals surface area contributed by atoms with Crippen LogP contribution in [0.2, 0.25) is 0 Å². The van der Waals surface area contributed by atoms with Gasteiger partial charge in [-0.2, -0.15) is 0 Å². The van der Waals surface area contributed by atoms with Crippen molar-refractivity contribution in [3.8, 4) is 0 Å². The summed E-state index contributed by atoms with van der Waals surface area (Å²) < 4.78 is 0. The molecule has 2 rings (SSSR count). The molecule has 5 nitrogen and oxygen atoms in total. The van der Waals surface area contributed by atoms with Crippen LogP contribution in [0.3, 0.4) is 0 Å². The second kappa shape index (κ2) is 8.43. The summed E-state index contributed by atoms with van der Waals surface area (Å²) in [6.07, 6.45) is 2.08. The van der Waals surface area contributed by atoms with Gasteiger partial charge in [-0.15, -0.1) is 0 Å². The van der Waals surface area contributed by atoms with Crippen molar-refractivity contribution in [2.45, 2.75) is 12.8 Å². The van der Waals surface area contributed by atoms with Crippen molar-refractivity contribution in [1.82, 2.24) is 0 Å². The van der Waals surface area contributed by atoms with Crippen LogP contribution in [0.1, 0.15) is 11.1 Å². The second-order valence-corrected chi connectivity index (χ2v) is 5.18. The molecule has 0 spiro atoms. The first-order chi connectivity index (χ1) is 11.5. The van der Waals surface area contributed by atoms with Gasteiger partial charge in [-0.05, 0) is 23.3 Å². The van der Waals surface area contributed by atoms with Crippen molar-refractivity contribution < 1.29 is 19.5 Å². The Labute approximate surface area is 139 Å². The summed E-state index contributed by atoms with van der Waals surface area (Å²) in [5.74, 6) is -1.70. The average Bonchev–Trinajstić information content (AvgIpc) is 2.55. The normalized spacial score (nSPS) is 10.5. The van der Waals surface area contributed by atoms with Gasteiger partial charge >= 0.3 is 5.97 Å². The van der Waals surface area contributed by atoms with Crippen LogP contribution in [-0.2, 0) is 27.2 Å². The summed E-state index contributed by atoms with van der Waals surface area (Å²) in [6.45, 7) is 0. The third-order valence-electron chi connectivity index (χ3n) is 3.28. The van der Waals surface area contributed by atoms with E-state index >= 15 is 0 Å². The predicted molar refractivity (Wildman–Crippen MR) is 90.7 cm³/mol. The molecular weight excluding hydrogens is 306 g/mol. The molecule has 0 aromatic heterocycles. The van der Waals surface area contributed by atoms with Crippen LogP contribution in [-0.4, -0.2) is 22.8 Å². The fourth-order valence-electron chi connectivity index (χ4n) is 2.18. The highest BCUT2D eigenvalue weighted by molar-refractivity contribution is 5.98. The SMILES string of the molecule is O=C(O)/C=C/C(=O)Cc1ccccc1NC(=O)Cc1ccccc1. The lowest BCUT2D eigenvalue weighted by molar-refractivity contribution is -0.131. The zero-order chi connectivity index (χ0) is 17.4. The molecule has 0 aliphatic heterocycles. The molecule has 0 fully saturated rings. The summed E-state index contributed by atoms with van der Waals surface area (Å²) in [5, 5.41) is 11.3. The largest absolute Gasteiger partial charge is 0.478 e. The Balaban J connectivity index is 2.04. The molecule has 2 aromatic carbocycles. The second-order valence-electron chi connectivity index (χ2n) is 5.18. The number of ketones is 1. The van der Waals surface area contributed by atoms with Crippen molar-refractivity contribution in [2.24, 2.45) is 0 Å². The number of para-hydroxylation sites is 1. The minimum atomic E-state index is -1.17. The van der Waals surface area contributed by atoms with Crippen molar-refractivity contribution >= 4 is 23.3 Å². The van der Waals surface area contributed by atoms with E-state index in [1.807, 2.05) is 30.3 Å². The molecule has 0 unspecified atom stereocenters. The van der Waals surface area contributed by atoms with E-state index in [0.717, 1.165) is 17.7 Å². The van der Waals surface area contributed by atoms with Crippen LogP contribution in [0.25, 0.3) is 0 Å². The molecule has 5 heteroatoms. The van der Waals surface area contributed by atoms with Gasteiger partial charge in [0.15, 0.2) is 5.78 Å². The number of anilines is 1. The number of carbonyl (C=O) groups is 3. The number of hydrogen-bond donors (Lipinski definition) is 2. The first-order valence-corrected chi connectivity index (χ1v) is 7.40. The zero-order valence-corrected chi connectivity index (χ0v) is 12.9. The van der Waals surface area contributed by atoms with Crippen molar-refractivity contribution in [3.63, 3.8) is 0 Å². The lowest BCUT2D eigenvalue weighted by Crippen LogP contribution is -2.16. The number of allylic oxidation sites excluding steroid dienone is 1. The Hall–Kier alpha value is -3.21. The van der Waals surface area contributed by atoms with Crippen LogP contribution in [0.5, 0.6) is 0 Å². The molecule has 0 aliphatic rings. The van der Waals surface area contributed by atoms with E-state index in [1.165, 1.54) is 0 Å². The maximum Gasteiger partial charge on any atom is 0.328 e. The third-order valence-corrected chi connectivity index (χ3v) is 3.28. The maximum atomic E-state index is 12.1. The van der Waals surface area contributed by atoms with E-state index in [2.05, 4.69) is 5.32 Å². The summed E-state index contributed by atoms with van der Waals surface area (Å²) in [4.78, 5) is 34.4. The van der Waals surface area contributed by atoms with Gasteiger partial charge in [0.1, 0.15) is 0 Å². The lowest BCUT2D eigenvalue weighted by Gasteiger charge is -2.10. The Morgan fingerprint density at radius 3 is 2.25 bits per heavy atom. The molecule has 1 amide bonds. The fraction of sp³-hybridized carbons (Fsp3) is 0.105. The summed E-state index contributed by atoms with van der Waals surface area (Å²) in [6, 6.07) is 16.3. The molecule has 0 heterocycles. The van der Waals surface area contributed by atoms with E-state index in [0.29, 0.717) is 11.3 Å². The Morgan fingerprint density at radius 2 is 1.54 bits per heavy atom. The summed E-state index contributed by atoms with van der Waals surface area (Å²) in [5.41, 5.74) is 2.09. The third kappa shape index (κ3) is 5.53. The monoisotopic (exact) mass is 323 g/mol. The molecule has 0 aliphatic carbocycles. The molecule has 0 radical (unpaired) electrons. The molecular formula is C19H17NO4. The number of carbonyl (C=O) groups excluding carboxylic acids is 2. The number of carboxylic acid groups (broad SMARTS) is 1. The topological polar surface area (TPSA) is 83.5 Å². The van der Waals surface area contributed by atoms with Gasteiger partial charge in [0.05, 0.1) is 6.42 Å². The van der Waals surface area contributed by atoms with Crippen LogP contribution in [0.15, 0.2) is 66.7 Å². The van der Waals surface area contributed by atoms with Crippen molar-refractivity contribution in [3.05, 3.63) is 77.9 Å². The number of carboxylic acids is 1. The summed E-state index contributed by atoms with van der Waals surface area (Å²) in [7, 11) is 0. The quantitative estimate of drug-likeness (QED) is 0.767. The number of aliphatic carboxylic acids is 1. The minimum absolute atomic E-state index is 0.0194. The van der Waals surface area contributed by atoms with Gasteiger partial charge in [0.2, 0.25) is 5.91 Å². The van der Waals surface area contributed by atoms with Gasteiger partial charge < -0.3 is 10.4 Å². The smallest absolute Gasteiger partial charge is 0.328 e.